The van der Waals surface area contributed by atoms with Gasteiger partial charge in [0.1, 0.15) is 6.54 Å². The standard InChI is InChI=1S/C8H14N2O.HI/c1-10(2)5-3-4-8(7-10)6-9-11;/h4,6H,3,5,7H2,1-2H3;1H/b9-6+;. The number of oxime groups is 1. The van der Waals surface area contributed by atoms with E-state index in [1.807, 2.05) is 0 Å². The zero-order chi connectivity index (χ0) is 8.32. The van der Waals surface area contributed by atoms with Crippen LogP contribution < -0.4 is 24.0 Å². The fourth-order valence-electron chi connectivity index (χ4n) is 1.40. The van der Waals surface area contributed by atoms with E-state index in [1.54, 1.807) is 0 Å². The van der Waals surface area contributed by atoms with Gasteiger partial charge in [-0.1, -0.05) is 11.2 Å². The van der Waals surface area contributed by atoms with Crippen molar-refractivity contribution in [3.05, 3.63) is 11.6 Å². The molecule has 1 aliphatic rings. The molecule has 0 atom stereocenters. The smallest absolute Gasteiger partial charge is 0.105 e. The van der Waals surface area contributed by atoms with Crippen molar-refractivity contribution in [1.29, 1.82) is 0 Å². The molecular weight excluding hydrogens is 267 g/mol. The van der Waals surface area contributed by atoms with Crippen molar-refractivity contribution in [2.45, 2.75) is 6.42 Å². The Morgan fingerprint density at radius 1 is 1.58 bits per heavy atom. The second-order valence-corrected chi connectivity index (χ2v) is 3.63. The number of quaternary nitrogens is 1. The Morgan fingerprint density at radius 3 is 2.75 bits per heavy atom. The van der Waals surface area contributed by atoms with Crippen molar-refractivity contribution < 1.29 is 33.7 Å². The molecule has 70 valence electrons. The predicted octanol–water partition coefficient (Wildman–Crippen LogP) is -2.14. The molecule has 1 heterocycles. The maximum atomic E-state index is 8.31. The number of nitrogens with zero attached hydrogens (tertiary/aromatic N) is 2. The van der Waals surface area contributed by atoms with Crippen molar-refractivity contribution in [1.82, 2.24) is 0 Å². The summed E-state index contributed by atoms with van der Waals surface area (Å²) in [5.74, 6) is 0. The van der Waals surface area contributed by atoms with Gasteiger partial charge in [0.2, 0.25) is 0 Å². The van der Waals surface area contributed by atoms with Crippen molar-refractivity contribution in [2.24, 2.45) is 5.16 Å². The molecule has 0 saturated carbocycles. The van der Waals surface area contributed by atoms with E-state index in [0.29, 0.717) is 0 Å². The number of hydrogen-bond donors (Lipinski definition) is 1. The van der Waals surface area contributed by atoms with Crippen LogP contribution in [-0.4, -0.2) is 43.1 Å². The van der Waals surface area contributed by atoms with Crippen LogP contribution in [0, 0.1) is 0 Å². The van der Waals surface area contributed by atoms with Gasteiger partial charge in [-0.15, -0.1) is 0 Å². The van der Waals surface area contributed by atoms with Gasteiger partial charge in [-0.2, -0.15) is 0 Å². The molecule has 0 saturated heterocycles. The van der Waals surface area contributed by atoms with Gasteiger partial charge in [-0.25, -0.2) is 0 Å². The lowest BCUT2D eigenvalue weighted by atomic mass is 10.1. The summed E-state index contributed by atoms with van der Waals surface area (Å²) in [6.07, 6.45) is 4.73. The molecule has 1 rings (SSSR count). The molecule has 0 aromatic rings. The van der Waals surface area contributed by atoms with Gasteiger partial charge >= 0.3 is 0 Å². The van der Waals surface area contributed by atoms with Crippen LogP contribution in [0.4, 0.5) is 0 Å². The highest BCUT2D eigenvalue weighted by Crippen LogP contribution is 2.11. The monoisotopic (exact) mass is 282 g/mol. The molecule has 0 unspecified atom stereocenters. The van der Waals surface area contributed by atoms with Crippen molar-refractivity contribution in [3.8, 4) is 0 Å². The Balaban J connectivity index is 0.00000121. The topological polar surface area (TPSA) is 32.6 Å². The van der Waals surface area contributed by atoms with Gasteiger partial charge < -0.3 is 33.7 Å². The number of hydrogen-bond acceptors (Lipinski definition) is 2. The number of halogens is 1. The summed E-state index contributed by atoms with van der Waals surface area (Å²) in [6.45, 7) is 2.13. The fraction of sp³-hybridized carbons (Fsp3) is 0.625. The zero-order valence-electron chi connectivity index (χ0n) is 7.50. The molecule has 3 nitrogen and oxygen atoms in total. The van der Waals surface area contributed by atoms with Crippen LogP contribution in [0.2, 0.25) is 0 Å². The van der Waals surface area contributed by atoms with Gasteiger partial charge in [-0.05, 0) is 0 Å². The first-order valence-corrected chi connectivity index (χ1v) is 3.82. The summed E-state index contributed by atoms with van der Waals surface area (Å²) in [6, 6.07) is 0. The van der Waals surface area contributed by atoms with E-state index in [1.165, 1.54) is 12.8 Å². The maximum Gasteiger partial charge on any atom is 0.105 e. The first kappa shape index (κ1) is 11.9. The number of likely N-dealkylation sites (N-methyl/N-ethyl adjacent to an activating group) is 1. The Bertz CT molecular complexity index is 199. The van der Waals surface area contributed by atoms with E-state index < -0.39 is 0 Å². The van der Waals surface area contributed by atoms with Crippen LogP contribution in [0.5, 0.6) is 0 Å². The van der Waals surface area contributed by atoms with E-state index in [2.05, 4.69) is 25.3 Å². The molecule has 0 bridgehead atoms. The molecular formula is C8H15IN2O. The van der Waals surface area contributed by atoms with Crippen LogP contribution >= 0.6 is 0 Å². The second-order valence-electron chi connectivity index (χ2n) is 3.63. The molecule has 0 aromatic carbocycles. The summed E-state index contributed by atoms with van der Waals surface area (Å²) < 4.78 is 0.984. The van der Waals surface area contributed by atoms with Crippen LogP contribution in [-0.2, 0) is 0 Å². The highest BCUT2D eigenvalue weighted by molar-refractivity contribution is 5.78. The van der Waals surface area contributed by atoms with Crippen LogP contribution in [0.15, 0.2) is 16.8 Å². The molecule has 4 heteroatoms. The SMILES string of the molecule is C[N+]1(C)CCC=C(/C=N/O)C1.[I-]. The van der Waals surface area contributed by atoms with Crippen molar-refractivity contribution in [2.75, 3.05) is 27.2 Å². The van der Waals surface area contributed by atoms with Crippen LogP contribution in [0.25, 0.3) is 0 Å². The van der Waals surface area contributed by atoms with E-state index >= 15 is 0 Å². The van der Waals surface area contributed by atoms with Gasteiger partial charge in [-0.3, -0.25) is 0 Å². The molecule has 0 aromatic heterocycles. The predicted molar refractivity (Wildman–Crippen MR) is 44.8 cm³/mol. The normalized spacial score (nSPS) is 21.7. The van der Waals surface area contributed by atoms with Gasteiger partial charge in [0, 0.05) is 12.0 Å². The first-order chi connectivity index (χ1) is 5.14. The van der Waals surface area contributed by atoms with E-state index in [-0.39, 0.29) is 24.0 Å². The lowest BCUT2D eigenvalue weighted by Gasteiger charge is -2.32. The van der Waals surface area contributed by atoms with Gasteiger partial charge in [0.15, 0.2) is 0 Å². The maximum absolute atomic E-state index is 8.31. The number of rotatable bonds is 1. The quantitative estimate of drug-likeness (QED) is 0.192. The molecule has 0 spiro atoms. The van der Waals surface area contributed by atoms with E-state index in [0.717, 1.165) is 23.0 Å². The average Bonchev–Trinajstić information content (AvgIpc) is 1.85. The summed E-state index contributed by atoms with van der Waals surface area (Å²) >= 11 is 0. The second kappa shape index (κ2) is 4.81. The van der Waals surface area contributed by atoms with Crippen LogP contribution in [0.3, 0.4) is 0 Å². The Labute approximate surface area is 90.4 Å². The third-order valence-corrected chi connectivity index (χ3v) is 1.98. The summed E-state index contributed by atoms with van der Waals surface area (Å²) in [4.78, 5) is 0. The molecule has 0 amide bonds. The Morgan fingerprint density at radius 2 is 2.25 bits per heavy atom. The third-order valence-electron chi connectivity index (χ3n) is 1.98. The lowest BCUT2D eigenvalue weighted by Crippen LogP contribution is -3.00. The Kier molecular flexibility index (Phi) is 4.77. The molecule has 1 aliphatic heterocycles. The third kappa shape index (κ3) is 3.53. The van der Waals surface area contributed by atoms with Crippen LogP contribution in [0.1, 0.15) is 6.42 Å². The van der Waals surface area contributed by atoms with E-state index in [9.17, 15) is 0 Å². The summed E-state index contributed by atoms with van der Waals surface area (Å²) in [5, 5.41) is 11.3. The molecule has 1 N–H and O–H groups in total. The minimum Gasteiger partial charge on any atom is -1.00 e. The molecule has 12 heavy (non-hydrogen) atoms. The first-order valence-electron chi connectivity index (χ1n) is 3.82. The molecule has 0 radical (unpaired) electrons. The molecule has 0 aliphatic carbocycles. The minimum absolute atomic E-state index is 0. The Hall–Kier alpha value is -0.100. The highest BCUT2D eigenvalue weighted by atomic mass is 127. The summed E-state index contributed by atoms with van der Waals surface area (Å²) in [5.41, 5.74) is 1.13. The highest BCUT2D eigenvalue weighted by Gasteiger charge is 2.19. The van der Waals surface area contributed by atoms with Gasteiger partial charge in [0.05, 0.1) is 26.9 Å². The fourth-order valence-corrected chi connectivity index (χ4v) is 1.40. The van der Waals surface area contributed by atoms with Crippen molar-refractivity contribution in [3.63, 3.8) is 0 Å². The average molecular weight is 282 g/mol. The summed E-state index contributed by atoms with van der Waals surface area (Å²) in [7, 11) is 4.36. The minimum atomic E-state index is 0. The van der Waals surface area contributed by atoms with Crippen molar-refractivity contribution >= 4 is 6.21 Å². The zero-order valence-corrected chi connectivity index (χ0v) is 9.65. The van der Waals surface area contributed by atoms with Gasteiger partial charge in [0.25, 0.3) is 0 Å². The lowest BCUT2D eigenvalue weighted by molar-refractivity contribution is -0.886. The van der Waals surface area contributed by atoms with E-state index in [4.69, 9.17) is 5.21 Å². The largest absolute Gasteiger partial charge is 1.00 e. The molecule has 0 fully saturated rings.